The summed E-state index contributed by atoms with van der Waals surface area (Å²) in [6.45, 7) is 0. The maximum atomic E-state index is 11.6. The van der Waals surface area contributed by atoms with Crippen LogP contribution in [0.4, 0.5) is 4.79 Å². The molecule has 1 aliphatic heterocycles. The summed E-state index contributed by atoms with van der Waals surface area (Å²) >= 11 is 0. The number of hydrazine groups is 1. The van der Waals surface area contributed by atoms with Crippen LogP contribution in [0.3, 0.4) is 0 Å². The number of benzene rings is 1. The third-order valence-corrected chi connectivity index (χ3v) is 2.24. The number of barbiturate groups is 1. The predicted molar refractivity (Wildman–Crippen MR) is 59.0 cm³/mol. The standard InChI is InChI=1S/C11H9N3O3/c12-14-10(16)8(9(15)13-11(14)17)6-7-4-2-1-3-5-7/h1-6H,12H2,(H,13,15,17). The summed E-state index contributed by atoms with van der Waals surface area (Å²) in [5.74, 6) is 3.64. The molecular formula is C11H9N3O3. The number of urea groups is 1. The molecule has 0 aromatic heterocycles. The fraction of sp³-hybridized carbons (Fsp3) is 0. The van der Waals surface area contributed by atoms with Crippen LogP contribution >= 0.6 is 0 Å². The summed E-state index contributed by atoms with van der Waals surface area (Å²) < 4.78 is 0. The molecule has 0 radical (unpaired) electrons. The highest BCUT2D eigenvalue weighted by Crippen LogP contribution is 2.11. The van der Waals surface area contributed by atoms with Crippen LogP contribution in [0.2, 0.25) is 0 Å². The fourth-order valence-corrected chi connectivity index (χ4v) is 1.39. The lowest BCUT2D eigenvalue weighted by molar-refractivity contribution is -0.130. The quantitative estimate of drug-likeness (QED) is 0.308. The number of imide groups is 2. The molecule has 1 aromatic rings. The van der Waals surface area contributed by atoms with Crippen molar-refractivity contribution in [3.05, 3.63) is 41.5 Å². The first kappa shape index (κ1) is 11.0. The Kier molecular flexibility index (Phi) is 2.71. The summed E-state index contributed by atoms with van der Waals surface area (Å²) in [5.41, 5.74) is 0.507. The van der Waals surface area contributed by atoms with Crippen LogP contribution in [-0.2, 0) is 9.59 Å². The van der Waals surface area contributed by atoms with Gasteiger partial charge >= 0.3 is 6.03 Å². The minimum absolute atomic E-state index is 0.168. The molecule has 0 saturated carbocycles. The number of nitrogens with one attached hydrogen (secondary N) is 1. The molecule has 4 amide bonds. The summed E-state index contributed by atoms with van der Waals surface area (Å²) in [5, 5.41) is 2.33. The number of carbonyl (C=O) groups excluding carboxylic acids is 3. The highest BCUT2D eigenvalue weighted by Gasteiger charge is 2.33. The number of nitrogens with zero attached hydrogens (tertiary/aromatic N) is 1. The van der Waals surface area contributed by atoms with Crippen LogP contribution in [-0.4, -0.2) is 22.9 Å². The zero-order valence-electron chi connectivity index (χ0n) is 8.71. The lowest BCUT2D eigenvalue weighted by atomic mass is 10.1. The number of hydrogen-bond donors (Lipinski definition) is 2. The molecule has 0 spiro atoms. The molecule has 0 aliphatic carbocycles. The third-order valence-electron chi connectivity index (χ3n) is 2.24. The van der Waals surface area contributed by atoms with E-state index in [1.807, 2.05) is 11.4 Å². The molecule has 1 aliphatic rings. The van der Waals surface area contributed by atoms with Gasteiger partial charge in [0.2, 0.25) is 0 Å². The van der Waals surface area contributed by atoms with Gasteiger partial charge in [0.15, 0.2) is 0 Å². The number of amides is 4. The van der Waals surface area contributed by atoms with Crippen molar-refractivity contribution in [2.45, 2.75) is 0 Å². The maximum absolute atomic E-state index is 11.6. The van der Waals surface area contributed by atoms with Crippen molar-refractivity contribution < 1.29 is 14.4 Å². The Hall–Kier alpha value is -2.47. The Morgan fingerprint density at radius 1 is 1.12 bits per heavy atom. The van der Waals surface area contributed by atoms with Crippen molar-refractivity contribution in [3.8, 4) is 0 Å². The van der Waals surface area contributed by atoms with E-state index < -0.39 is 17.8 Å². The lowest BCUT2D eigenvalue weighted by Gasteiger charge is -2.21. The number of rotatable bonds is 1. The summed E-state index contributed by atoms with van der Waals surface area (Å²) in [6.07, 6.45) is 1.38. The molecule has 0 atom stereocenters. The Morgan fingerprint density at radius 2 is 1.76 bits per heavy atom. The monoisotopic (exact) mass is 231 g/mol. The normalized spacial score (nSPS) is 18.5. The Labute approximate surface area is 96.7 Å². The van der Waals surface area contributed by atoms with Crippen LogP contribution in [0.15, 0.2) is 35.9 Å². The highest BCUT2D eigenvalue weighted by molar-refractivity contribution is 6.30. The Bertz CT molecular complexity index is 522. The number of hydrogen-bond acceptors (Lipinski definition) is 4. The van der Waals surface area contributed by atoms with E-state index in [9.17, 15) is 14.4 Å². The van der Waals surface area contributed by atoms with Crippen molar-refractivity contribution in [3.63, 3.8) is 0 Å². The minimum Gasteiger partial charge on any atom is -0.272 e. The van der Waals surface area contributed by atoms with E-state index in [1.54, 1.807) is 24.3 Å². The van der Waals surface area contributed by atoms with Gasteiger partial charge in [0.25, 0.3) is 11.8 Å². The van der Waals surface area contributed by atoms with Gasteiger partial charge in [-0.2, -0.15) is 5.01 Å². The van der Waals surface area contributed by atoms with E-state index in [1.165, 1.54) is 6.08 Å². The average molecular weight is 231 g/mol. The van der Waals surface area contributed by atoms with Crippen molar-refractivity contribution in [2.75, 3.05) is 0 Å². The van der Waals surface area contributed by atoms with E-state index >= 15 is 0 Å². The molecule has 6 heteroatoms. The van der Waals surface area contributed by atoms with Gasteiger partial charge in [-0.15, -0.1) is 0 Å². The summed E-state index contributed by atoms with van der Waals surface area (Å²) in [6, 6.07) is 7.87. The van der Waals surface area contributed by atoms with E-state index in [2.05, 4.69) is 0 Å². The van der Waals surface area contributed by atoms with E-state index in [-0.39, 0.29) is 5.57 Å². The third kappa shape index (κ3) is 2.06. The van der Waals surface area contributed by atoms with Crippen molar-refractivity contribution in [1.29, 1.82) is 0 Å². The first-order valence-corrected chi connectivity index (χ1v) is 4.81. The fourth-order valence-electron chi connectivity index (χ4n) is 1.39. The largest absolute Gasteiger partial charge is 0.345 e. The van der Waals surface area contributed by atoms with Crippen molar-refractivity contribution in [2.24, 2.45) is 5.84 Å². The second kappa shape index (κ2) is 4.18. The maximum Gasteiger partial charge on any atom is 0.345 e. The summed E-state index contributed by atoms with van der Waals surface area (Å²) in [7, 11) is 0. The van der Waals surface area contributed by atoms with E-state index in [0.29, 0.717) is 10.6 Å². The first-order chi connectivity index (χ1) is 8.09. The van der Waals surface area contributed by atoms with Gasteiger partial charge in [0, 0.05) is 0 Å². The van der Waals surface area contributed by atoms with Gasteiger partial charge in [0.1, 0.15) is 5.57 Å². The van der Waals surface area contributed by atoms with Gasteiger partial charge in [-0.3, -0.25) is 14.9 Å². The molecule has 1 saturated heterocycles. The minimum atomic E-state index is -0.926. The van der Waals surface area contributed by atoms with Crippen LogP contribution in [0.5, 0.6) is 0 Å². The molecule has 86 valence electrons. The zero-order chi connectivity index (χ0) is 12.4. The molecular weight excluding hydrogens is 222 g/mol. The number of carbonyl (C=O) groups is 3. The molecule has 6 nitrogen and oxygen atoms in total. The molecule has 1 aromatic carbocycles. The second-order valence-corrected chi connectivity index (χ2v) is 3.40. The average Bonchev–Trinajstić information content (AvgIpc) is 2.33. The molecule has 1 heterocycles. The molecule has 0 bridgehead atoms. The smallest absolute Gasteiger partial charge is 0.272 e. The number of nitrogens with two attached hydrogens (primary N) is 1. The van der Waals surface area contributed by atoms with Gasteiger partial charge in [0.05, 0.1) is 0 Å². The van der Waals surface area contributed by atoms with Crippen LogP contribution in [0.1, 0.15) is 5.56 Å². The van der Waals surface area contributed by atoms with Gasteiger partial charge in [-0.25, -0.2) is 10.6 Å². The van der Waals surface area contributed by atoms with Gasteiger partial charge in [-0.05, 0) is 11.6 Å². The second-order valence-electron chi connectivity index (χ2n) is 3.40. The van der Waals surface area contributed by atoms with E-state index in [4.69, 9.17) is 5.84 Å². The Morgan fingerprint density at radius 3 is 2.41 bits per heavy atom. The zero-order valence-corrected chi connectivity index (χ0v) is 8.71. The summed E-state index contributed by atoms with van der Waals surface area (Å²) in [4.78, 5) is 34.1. The van der Waals surface area contributed by atoms with Crippen molar-refractivity contribution in [1.82, 2.24) is 10.3 Å². The van der Waals surface area contributed by atoms with Crippen molar-refractivity contribution >= 4 is 23.9 Å². The van der Waals surface area contributed by atoms with Gasteiger partial charge < -0.3 is 0 Å². The predicted octanol–water partition coefficient (Wildman–Crippen LogP) is 0.0221. The molecule has 3 N–H and O–H groups in total. The first-order valence-electron chi connectivity index (χ1n) is 4.81. The lowest BCUT2D eigenvalue weighted by Crippen LogP contribution is -2.57. The molecule has 2 rings (SSSR count). The molecule has 17 heavy (non-hydrogen) atoms. The van der Waals surface area contributed by atoms with Crippen LogP contribution < -0.4 is 11.2 Å². The van der Waals surface area contributed by atoms with E-state index in [0.717, 1.165) is 0 Å². The van der Waals surface area contributed by atoms with Gasteiger partial charge in [-0.1, -0.05) is 30.3 Å². The SMILES string of the molecule is NN1C(=O)NC(=O)C(=Cc2ccccc2)C1=O. The van der Waals surface area contributed by atoms with Crippen LogP contribution in [0.25, 0.3) is 6.08 Å². The van der Waals surface area contributed by atoms with Crippen LogP contribution in [0, 0.1) is 0 Å². The molecule has 0 unspecified atom stereocenters. The Balaban J connectivity index is 2.38. The molecule has 1 fully saturated rings. The highest BCUT2D eigenvalue weighted by atomic mass is 16.2. The topological polar surface area (TPSA) is 92.5 Å².